The van der Waals surface area contributed by atoms with Crippen LogP contribution < -0.4 is 0 Å². The number of rotatable bonds is 9. The van der Waals surface area contributed by atoms with Crippen molar-refractivity contribution in [2.75, 3.05) is 6.61 Å². The Labute approximate surface area is 259 Å². The van der Waals surface area contributed by atoms with E-state index < -0.39 is 25.0 Å². The molecule has 6 nitrogen and oxygen atoms in total. The number of aromatic nitrogens is 2. The molecule has 0 N–H and O–H groups in total. The van der Waals surface area contributed by atoms with E-state index in [1.54, 1.807) is 6.20 Å². The zero-order chi connectivity index (χ0) is 31.9. The highest BCUT2D eigenvalue weighted by molar-refractivity contribution is 6.75. The molecule has 4 atom stereocenters. The lowest BCUT2D eigenvalue weighted by Gasteiger charge is -2.44. The van der Waals surface area contributed by atoms with Gasteiger partial charge in [-0.2, -0.15) is 0 Å². The Morgan fingerprint density at radius 3 is 1.69 bits per heavy atom. The predicted octanol–water partition coefficient (Wildman–Crippen LogP) is 9.39. The number of pyridine rings is 2. The predicted molar refractivity (Wildman–Crippen MR) is 182 cm³/mol. The third-order valence-corrected chi connectivity index (χ3v) is 23.6. The van der Waals surface area contributed by atoms with E-state index in [-0.39, 0.29) is 39.5 Å². The second-order valence-electron chi connectivity index (χ2n) is 16.5. The smallest absolute Gasteiger partial charge is 0.192 e. The van der Waals surface area contributed by atoms with Crippen molar-refractivity contribution in [2.24, 2.45) is 0 Å². The van der Waals surface area contributed by atoms with Gasteiger partial charge in [-0.25, -0.2) is 4.98 Å². The quantitative estimate of drug-likeness (QED) is 0.257. The van der Waals surface area contributed by atoms with Gasteiger partial charge in [0.15, 0.2) is 25.0 Å². The molecule has 0 aliphatic carbocycles. The van der Waals surface area contributed by atoms with Crippen molar-refractivity contribution in [2.45, 2.75) is 141 Å². The van der Waals surface area contributed by atoms with E-state index >= 15 is 0 Å². The molecule has 3 rings (SSSR count). The Morgan fingerprint density at radius 2 is 1.19 bits per heavy atom. The van der Waals surface area contributed by atoms with Crippen LogP contribution >= 0.6 is 0 Å². The zero-order valence-electron chi connectivity index (χ0n) is 29.1. The molecular weight excluding hydrogens is 573 g/mol. The molecule has 1 saturated heterocycles. The third kappa shape index (κ3) is 7.89. The van der Waals surface area contributed by atoms with Gasteiger partial charge in [-0.05, 0) is 78.7 Å². The molecule has 1 fully saturated rings. The SMILES string of the molecule is CC(C)(C)[Si](C)(C)OC[C@H]1O[C@@H](c2cccc(-c3ccccn3)n2)[C@H](O[Si](C)(C)C(C)(C)C)[C@@H]1O[Si](C)(C)C(C)(C)C. The summed E-state index contributed by atoms with van der Waals surface area (Å²) in [5, 5.41) is 0.156. The van der Waals surface area contributed by atoms with Crippen molar-refractivity contribution >= 4 is 25.0 Å². The van der Waals surface area contributed by atoms with Crippen LogP contribution in [0.1, 0.15) is 74.1 Å². The Morgan fingerprint density at radius 1 is 0.667 bits per heavy atom. The van der Waals surface area contributed by atoms with Crippen molar-refractivity contribution < 1.29 is 18.0 Å². The van der Waals surface area contributed by atoms with Gasteiger partial charge in [0, 0.05) is 6.20 Å². The summed E-state index contributed by atoms with van der Waals surface area (Å²) < 4.78 is 28.4. The molecule has 0 unspecified atom stereocenters. The highest BCUT2D eigenvalue weighted by Crippen LogP contribution is 2.47. The number of nitrogens with zero attached hydrogens (tertiary/aromatic N) is 2. The van der Waals surface area contributed by atoms with Gasteiger partial charge in [-0.1, -0.05) is 74.4 Å². The van der Waals surface area contributed by atoms with E-state index in [0.717, 1.165) is 17.1 Å². The second kappa shape index (κ2) is 12.3. The van der Waals surface area contributed by atoms with Gasteiger partial charge in [-0.3, -0.25) is 4.98 Å². The molecule has 3 heterocycles. The van der Waals surface area contributed by atoms with Gasteiger partial charge in [0.1, 0.15) is 24.4 Å². The third-order valence-electron chi connectivity index (χ3n) is 10.2. The van der Waals surface area contributed by atoms with Crippen molar-refractivity contribution in [1.82, 2.24) is 9.97 Å². The van der Waals surface area contributed by atoms with Crippen LogP contribution in [0.3, 0.4) is 0 Å². The first-order chi connectivity index (χ1) is 19.0. The Bertz CT molecular complexity index is 1180. The molecule has 236 valence electrons. The molecule has 0 saturated carbocycles. The second-order valence-corrected chi connectivity index (χ2v) is 30.8. The molecule has 2 aromatic rings. The molecule has 0 aromatic carbocycles. The lowest BCUT2D eigenvalue weighted by Crippen LogP contribution is -2.54. The van der Waals surface area contributed by atoms with Gasteiger partial charge >= 0.3 is 0 Å². The van der Waals surface area contributed by atoms with Crippen LogP contribution in [0.15, 0.2) is 42.6 Å². The number of hydrogen-bond donors (Lipinski definition) is 0. The monoisotopic (exact) mass is 630 g/mol. The summed E-state index contributed by atoms with van der Waals surface area (Å²) in [6.07, 6.45) is 0.574. The van der Waals surface area contributed by atoms with Crippen LogP contribution in [0, 0.1) is 0 Å². The van der Waals surface area contributed by atoms with Crippen molar-refractivity contribution in [1.29, 1.82) is 0 Å². The first-order valence-electron chi connectivity index (χ1n) is 15.5. The summed E-state index contributed by atoms with van der Waals surface area (Å²) >= 11 is 0. The fourth-order valence-electron chi connectivity index (χ4n) is 4.18. The largest absolute Gasteiger partial charge is 0.414 e. The van der Waals surface area contributed by atoms with Gasteiger partial charge in [0.05, 0.1) is 23.7 Å². The average molecular weight is 631 g/mol. The van der Waals surface area contributed by atoms with E-state index in [0.29, 0.717) is 6.61 Å². The van der Waals surface area contributed by atoms with E-state index in [4.69, 9.17) is 23.0 Å². The van der Waals surface area contributed by atoms with Gasteiger partial charge < -0.3 is 18.0 Å². The van der Waals surface area contributed by atoms with Crippen LogP contribution in [0.5, 0.6) is 0 Å². The normalized spacial score (nSPS) is 22.9. The molecule has 2 aromatic heterocycles. The first kappa shape index (κ1) is 35.3. The molecule has 9 heteroatoms. The molecule has 0 spiro atoms. The van der Waals surface area contributed by atoms with Crippen LogP contribution in [0.4, 0.5) is 0 Å². The summed E-state index contributed by atoms with van der Waals surface area (Å²) in [6.45, 7) is 34.9. The fraction of sp³-hybridized carbons (Fsp3) is 0.697. The Balaban J connectivity index is 2.12. The van der Waals surface area contributed by atoms with E-state index in [9.17, 15) is 0 Å². The zero-order valence-corrected chi connectivity index (χ0v) is 32.1. The first-order valence-corrected chi connectivity index (χ1v) is 24.2. The van der Waals surface area contributed by atoms with Crippen LogP contribution in [0.25, 0.3) is 11.4 Å². The van der Waals surface area contributed by atoms with Gasteiger partial charge in [0.2, 0.25) is 0 Å². The fourth-order valence-corrected chi connectivity index (χ4v) is 7.80. The minimum Gasteiger partial charge on any atom is -0.414 e. The Hall–Kier alpha value is -1.21. The maximum Gasteiger partial charge on any atom is 0.192 e. The number of hydrogen-bond acceptors (Lipinski definition) is 6. The van der Waals surface area contributed by atoms with Crippen molar-refractivity contribution in [3.8, 4) is 11.4 Å². The van der Waals surface area contributed by atoms with Gasteiger partial charge in [0.25, 0.3) is 0 Å². The van der Waals surface area contributed by atoms with E-state index in [2.05, 4.69) is 113 Å². The van der Waals surface area contributed by atoms with E-state index in [1.807, 2.05) is 30.3 Å². The molecular formula is C33H58N2O4Si3. The summed E-state index contributed by atoms with van der Waals surface area (Å²) in [5.41, 5.74) is 2.51. The van der Waals surface area contributed by atoms with Crippen LogP contribution in [-0.2, 0) is 18.0 Å². The minimum atomic E-state index is -2.22. The van der Waals surface area contributed by atoms with E-state index in [1.165, 1.54) is 0 Å². The van der Waals surface area contributed by atoms with Crippen molar-refractivity contribution in [3.63, 3.8) is 0 Å². The Kier molecular flexibility index (Phi) is 10.3. The van der Waals surface area contributed by atoms with Crippen LogP contribution in [-0.4, -0.2) is 59.8 Å². The maximum absolute atomic E-state index is 7.29. The standard InChI is InChI=1S/C33H58N2O4Si3/c1-31(2,3)40(10,11)36-23-27-29(38-41(12,13)32(4,5)6)30(39-42(14,15)33(7,8)9)28(37-27)26-21-18-20-25(35-26)24-19-16-17-22-34-24/h16-22,27-30H,23H2,1-15H3/t27-,28+,29-,30+/m1/s1. The van der Waals surface area contributed by atoms with Gasteiger partial charge in [-0.15, -0.1) is 0 Å². The number of ether oxygens (including phenoxy) is 1. The molecule has 1 aliphatic rings. The summed E-state index contributed by atoms with van der Waals surface area (Å²) in [7, 11) is -6.45. The molecule has 1 aliphatic heterocycles. The lowest BCUT2D eigenvalue weighted by molar-refractivity contribution is -0.0185. The molecule has 42 heavy (non-hydrogen) atoms. The summed E-state index contributed by atoms with van der Waals surface area (Å²) in [4.78, 5) is 9.65. The lowest BCUT2D eigenvalue weighted by atomic mass is 10.0. The maximum atomic E-state index is 7.29. The summed E-state index contributed by atoms with van der Waals surface area (Å²) in [6, 6.07) is 12.0. The molecule has 0 radical (unpaired) electrons. The highest BCUT2D eigenvalue weighted by atomic mass is 28.4. The van der Waals surface area contributed by atoms with Crippen molar-refractivity contribution in [3.05, 3.63) is 48.3 Å². The van der Waals surface area contributed by atoms with Crippen LogP contribution in [0.2, 0.25) is 54.4 Å². The average Bonchev–Trinajstić information content (AvgIpc) is 3.17. The topological polar surface area (TPSA) is 62.7 Å². The highest BCUT2D eigenvalue weighted by Gasteiger charge is 2.55. The molecule has 0 amide bonds. The summed E-state index contributed by atoms with van der Waals surface area (Å²) in [5.74, 6) is 0. The minimum absolute atomic E-state index is 0.0258. The molecule has 0 bridgehead atoms.